The molecule has 0 saturated heterocycles. The van der Waals surface area contributed by atoms with Gasteiger partial charge in [-0.15, -0.1) is 0 Å². The van der Waals surface area contributed by atoms with Crippen LogP contribution in [0.3, 0.4) is 0 Å². The van der Waals surface area contributed by atoms with Crippen molar-refractivity contribution in [3.63, 3.8) is 0 Å². The molecule has 2 heterocycles. The van der Waals surface area contributed by atoms with Crippen molar-refractivity contribution in [2.45, 2.75) is 6.54 Å². The number of hydrogen-bond acceptors (Lipinski definition) is 3. The van der Waals surface area contributed by atoms with Gasteiger partial charge in [0.05, 0.1) is 6.20 Å². The molecule has 0 unspecified atom stereocenters. The lowest BCUT2D eigenvalue weighted by Gasteiger charge is -2.16. The van der Waals surface area contributed by atoms with E-state index in [1.54, 1.807) is 10.8 Å². The topological polar surface area (TPSA) is 38.1 Å². The first-order valence-corrected chi connectivity index (χ1v) is 6.14. The number of benzene rings is 1. The highest BCUT2D eigenvalue weighted by Gasteiger charge is 2.23. The fourth-order valence-corrected chi connectivity index (χ4v) is 2.34. The summed E-state index contributed by atoms with van der Waals surface area (Å²) in [6.45, 7) is 1.46. The zero-order chi connectivity index (χ0) is 11.8. The summed E-state index contributed by atoms with van der Waals surface area (Å²) in [5, 5.41) is 0. The number of halogens is 1. The summed E-state index contributed by atoms with van der Waals surface area (Å²) in [6.07, 6.45) is 1.56. The number of nitrogens with zero attached hydrogens (tertiary/aromatic N) is 3. The standard InChI is InChI=1S/C12H10BrN3O/c13-10-8-14-12-15(6-7-16(12)11(10)17)9-4-2-1-3-5-9/h1-5,8H,6-7H2. The van der Waals surface area contributed by atoms with Crippen molar-refractivity contribution in [3.05, 3.63) is 51.4 Å². The maximum Gasteiger partial charge on any atom is 0.269 e. The molecule has 0 saturated carbocycles. The zero-order valence-corrected chi connectivity index (χ0v) is 10.6. The van der Waals surface area contributed by atoms with Crippen LogP contribution < -0.4 is 10.5 Å². The predicted octanol–water partition coefficient (Wildman–Crippen LogP) is 2.16. The Morgan fingerprint density at radius 1 is 1.18 bits per heavy atom. The van der Waals surface area contributed by atoms with Crippen LogP contribution in [0.2, 0.25) is 0 Å². The van der Waals surface area contributed by atoms with Gasteiger partial charge in [0.15, 0.2) is 0 Å². The second-order valence-corrected chi connectivity index (χ2v) is 4.70. The number of hydrogen-bond donors (Lipinski definition) is 0. The highest BCUT2D eigenvalue weighted by Crippen LogP contribution is 2.26. The lowest BCUT2D eigenvalue weighted by Crippen LogP contribution is -2.20. The Morgan fingerprint density at radius 2 is 1.94 bits per heavy atom. The fourth-order valence-electron chi connectivity index (χ4n) is 2.03. The van der Waals surface area contributed by atoms with Gasteiger partial charge in [0.25, 0.3) is 5.56 Å². The number of anilines is 2. The molecule has 0 atom stereocenters. The Labute approximate surface area is 107 Å². The van der Waals surface area contributed by atoms with Gasteiger partial charge in [0.2, 0.25) is 5.95 Å². The predicted molar refractivity (Wildman–Crippen MR) is 69.6 cm³/mol. The maximum atomic E-state index is 11.9. The second-order valence-electron chi connectivity index (χ2n) is 3.85. The van der Waals surface area contributed by atoms with E-state index in [2.05, 4.69) is 20.9 Å². The van der Waals surface area contributed by atoms with Gasteiger partial charge in [-0.2, -0.15) is 0 Å². The molecule has 0 fully saturated rings. The second kappa shape index (κ2) is 4.00. The third kappa shape index (κ3) is 1.67. The minimum Gasteiger partial charge on any atom is -0.310 e. The van der Waals surface area contributed by atoms with Crippen molar-refractivity contribution in [2.75, 3.05) is 11.4 Å². The lowest BCUT2D eigenvalue weighted by molar-refractivity contribution is 0.754. The van der Waals surface area contributed by atoms with Crippen molar-refractivity contribution in [2.24, 2.45) is 0 Å². The third-order valence-electron chi connectivity index (χ3n) is 2.84. The minimum absolute atomic E-state index is 0.0200. The molecule has 0 bridgehead atoms. The smallest absolute Gasteiger partial charge is 0.269 e. The molecule has 1 aliphatic rings. The molecule has 3 rings (SSSR count). The highest BCUT2D eigenvalue weighted by atomic mass is 79.9. The molecule has 4 nitrogen and oxygen atoms in total. The van der Waals surface area contributed by atoms with Crippen LogP contribution >= 0.6 is 15.9 Å². The summed E-state index contributed by atoms with van der Waals surface area (Å²) in [7, 11) is 0. The fraction of sp³-hybridized carbons (Fsp3) is 0.167. The van der Waals surface area contributed by atoms with E-state index in [0.29, 0.717) is 17.0 Å². The number of rotatable bonds is 1. The van der Waals surface area contributed by atoms with E-state index in [1.807, 2.05) is 35.2 Å². The highest BCUT2D eigenvalue weighted by molar-refractivity contribution is 9.10. The van der Waals surface area contributed by atoms with Gasteiger partial charge >= 0.3 is 0 Å². The van der Waals surface area contributed by atoms with Gasteiger partial charge in [-0.3, -0.25) is 9.36 Å². The van der Waals surface area contributed by atoms with Crippen molar-refractivity contribution in [1.29, 1.82) is 0 Å². The van der Waals surface area contributed by atoms with E-state index < -0.39 is 0 Å². The third-order valence-corrected chi connectivity index (χ3v) is 3.38. The van der Waals surface area contributed by atoms with E-state index in [9.17, 15) is 4.79 Å². The molecule has 1 aliphatic heterocycles. The monoisotopic (exact) mass is 291 g/mol. The summed E-state index contributed by atoms with van der Waals surface area (Å²) in [4.78, 5) is 18.3. The van der Waals surface area contributed by atoms with Crippen LogP contribution in [0.15, 0.2) is 45.8 Å². The Kier molecular flexibility index (Phi) is 2.48. The van der Waals surface area contributed by atoms with Crippen LogP contribution in [0.5, 0.6) is 0 Å². The Morgan fingerprint density at radius 3 is 2.71 bits per heavy atom. The molecule has 86 valence electrons. The Balaban J connectivity index is 2.12. The van der Waals surface area contributed by atoms with E-state index in [4.69, 9.17) is 0 Å². The zero-order valence-electron chi connectivity index (χ0n) is 9.01. The van der Waals surface area contributed by atoms with Crippen LogP contribution in [0, 0.1) is 0 Å². The van der Waals surface area contributed by atoms with Gasteiger partial charge in [-0.05, 0) is 28.1 Å². The van der Waals surface area contributed by atoms with Crippen molar-refractivity contribution in [3.8, 4) is 0 Å². The summed E-state index contributed by atoms with van der Waals surface area (Å²) < 4.78 is 2.20. The lowest BCUT2D eigenvalue weighted by atomic mass is 10.3. The van der Waals surface area contributed by atoms with Gasteiger partial charge in [0.1, 0.15) is 4.47 Å². The summed E-state index contributed by atoms with van der Waals surface area (Å²) in [5.74, 6) is 0.712. The average Bonchev–Trinajstić information content (AvgIpc) is 2.79. The quantitative estimate of drug-likeness (QED) is 0.808. The van der Waals surface area contributed by atoms with Crippen LogP contribution in [-0.2, 0) is 6.54 Å². The first-order valence-electron chi connectivity index (χ1n) is 5.35. The molecular formula is C12H10BrN3O. The molecule has 5 heteroatoms. The van der Waals surface area contributed by atoms with Gasteiger partial charge in [-0.25, -0.2) is 4.98 Å². The number of para-hydroxylation sites is 1. The molecule has 0 radical (unpaired) electrons. The normalized spacial score (nSPS) is 13.8. The largest absolute Gasteiger partial charge is 0.310 e. The van der Waals surface area contributed by atoms with Gasteiger partial charge < -0.3 is 4.90 Å². The molecule has 0 amide bonds. The van der Waals surface area contributed by atoms with E-state index in [0.717, 1.165) is 12.2 Å². The molecule has 1 aromatic carbocycles. The average molecular weight is 292 g/mol. The molecule has 17 heavy (non-hydrogen) atoms. The Hall–Kier alpha value is -1.62. The van der Waals surface area contributed by atoms with Crippen LogP contribution in [0.25, 0.3) is 0 Å². The summed E-state index contributed by atoms with van der Waals surface area (Å²) in [6, 6.07) is 9.97. The van der Waals surface area contributed by atoms with E-state index in [-0.39, 0.29) is 5.56 Å². The van der Waals surface area contributed by atoms with Crippen LogP contribution in [-0.4, -0.2) is 16.1 Å². The molecule has 0 spiro atoms. The molecule has 2 aromatic rings. The van der Waals surface area contributed by atoms with Gasteiger partial charge in [0, 0.05) is 18.8 Å². The molecule has 0 N–H and O–H groups in total. The van der Waals surface area contributed by atoms with Crippen molar-refractivity contribution in [1.82, 2.24) is 9.55 Å². The van der Waals surface area contributed by atoms with Crippen molar-refractivity contribution >= 4 is 27.6 Å². The summed E-state index contributed by atoms with van der Waals surface area (Å²) in [5.41, 5.74) is 1.04. The van der Waals surface area contributed by atoms with Gasteiger partial charge in [-0.1, -0.05) is 18.2 Å². The Bertz CT molecular complexity index is 609. The molecular weight excluding hydrogens is 282 g/mol. The van der Waals surface area contributed by atoms with Crippen LogP contribution in [0.4, 0.5) is 11.6 Å². The first kappa shape index (κ1) is 10.5. The first-order chi connectivity index (χ1) is 8.27. The van der Waals surface area contributed by atoms with E-state index in [1.165, 1.54) is 0 Å². The molecule has 1 aromatic heterocycles. The minimum atomic E-state index is -0.0200. The SMILES string of the molecule is O=c1c(Br)cnc2n1CCN2c1ccccc1. The van der Waals surface area contributed by atoms with Crippen molar-refractivity contribution < 1.29 is 0 Å². The number of aromatic nitrogens is 2. The molecule has 0 aliphatic carbocycles. The maximum absolute atomic E-state index is 11.9. The van der Waals surface area contributed by atoms with E-state index >= 15 is 0 Å². The summed E-state index contributed by atoms with van der Waals surface area (Å²) >= 11 is 3.21. The van der Waals surface area contributed by atoms with Crippen LogP contribution in [0.1, 0.15) is 0 Å². The number of fused-ring (bicyclic) bond motifs is 1.